The molecule has 1 aliphatic rings. The largest absolute Gasteiger partial charge is 0.266 e. The zero-order valence-electron chi connectivity index (χ0n) is 19.4. The van der Waals surface area contributed by atoms with Crippen molar-refractivity contribution < 1.29 is 16.8 Å². The fraction of sp³-hybridized carbons (Fsp3) is 0.231. The maximum atomic E-state index is 13.7. The third-order valence-electron chi connectivity index (χ3n) is 6.15. The molecule has 0 saturated heterocycles. The zero-order valence-corrected chi connectivity index (χ0v) is 25.4. The van der Waals surface area contributed by atoms with Crippen LogP contribution in [0.3, 0.4) is 0 Å². The lowest BCUT2D eigenvalue weighted by Gasteiger charge is -2.36. The molecule has 0 aliphatic carbocycles. The van der Waals surface area contributed by atoms with Gasteiger partial charge in [-0.15, -0.1) is 6.58 Å². The minimum absolute atomic E-state index is 0.107. The molecule has 0 saturated carbocycles. The van der Waals surface area contributed by atoms with Gasteiger partial charge in [-0.2, -0.15) is 0 Å². The van der Waals surface area contributed by atoms with Crippen LogP contribution in [0.5, 0.6) is 0 Å². The monoisotopic (exact) mass is 748 g/mol. The van der Waals surface area contributed by atoms with Gasteiger partial charge in [0, 0.05) is 21.1 Å². The standard InChI is InChI=1S/C26H26I2N2O4S2/c1-2-3-17-29(35(31,32)21-10-6-4-7-11-21)24-15-14-23-25(26(24)28)20(19-27)16-18-30(23)36(33,34)22-12-8-5-9-13-22/h2,4-15,20H,1,3,16-19H2. The molecule has 10 heteroatoms. The Labute approximate surface area is 240 Å². The Morgan fingerprint density at radius 3 is 2.14 bits per heavy atom. The van der Waals surface area contributed by atoms with Gasteiger partial charge < -0.3 is 0 Å². The highest BCUT2D eigenvalue weighted by molar-refractivity contribution is 14.1. The highest BCUT2D eigenvalue weighted by Gasteiger charge is 2.36. The number of fused-ring (bicyclic) bond motifs is 1. The van der Waals surface area contributed by atoms with Crippen LogP contribution in [-0.2, 0) is 20.0 Å². The predicted octanol–water partition coefficient (Wildman–Crippen LogP) is 6.18. The topological polar surface area (TPSA) is 74.8 Å². The summed E-state index contributed by atoms with van der Waals surface area (Å²) in [6, 6.07) is 20.3. The Morgan fingerprint density at radius 1 is 0.944 bits per heavy atom. The predicted molar refractivity (Wildman–Crippen MR) is 162 cm³/mol. The molecular weight excluding hydrogens is 722 g/mol. The number of nitrogens with zero attached hydrogens (tertiary/aromatic N) is 2. The van der Waals surface area contributed by atoms with Gasteiger partial charge in [0.25, 0.3) is 20.0 Å². The second kappa shape index (κ2) is 11.4. The summed E-state index contributed by atoms with van der Waals surface area (Å²) in [7, 11) is -7.60. The highest BCUT2D eigenvalue weighted by atomic mass is 127. The summed E-state index contributed by atoms with van der Waals surface area (Å²) >= 11 is 4.51. The Morgan fingerprint density at radius 2 is 1.56 bits per heavy atom. The van der Waals surface area contributed by atoms with E-state index in [4.69, 9.17) is 0 Å². The molecule has 1 unspecified atom stereocenters. The fourth-order valence-electron chi connectivity index (χ4n) is 4.33. The number of benzene rings is 3. The molecule has 6 nitrogen and oxygen atoms in total. The Bertz CT molecular complexity index is 1450. The van der Waals surface area contributed by atoms with Gasteiger partial charge >= 0.3 is 0 Å². The fourth-order valence-corrected chi connectivity index (χ4v) is 9.59. The SMILES string of the molecule is C=CCCN(c1ccc2c(c1I)C(CI)CCN2S(=O)(=O)c1ccccc1)S(=O)(=O)c1ccccc1. The van der Waals surface area contributed by atoms with Crippen molar-refractivity contribution in [2.75, 3.05) is 26.1 Å². The molecule has 4 rings (SSSR count). The van der Waals surface area contributed by atoms with E-state index in [1.807, 2.05) is 0 Å². The van der Waals surface area contributed by atoms with E-state index in [1.165, 1.54) is 8.61 Å². The maximum Gasteiger partial charge on any atom is 0.264 e. The first-order valence-corrected chi connectivity index (χ1v) is 16.9. The molecule has 190 valence electrons. The summed E-state index contributed by atoms with van der Waals surface area (Å²) in [5, 5.41) is 0. The van der Waals surface area contributed by atoms with E-state index in [0.717, 1.165) is 13.6 Å². The van der Waals surface area contributed by atoms with Gasteiger partial charge in [0.15, 0.2) is 0 Å². The molecule has 0 aromatic heterocycles. The molecular formula is C26H26I2N2O4S2. The van der Waals surface area contributed by atoms with Crippen LogP contribution in [0.25, 0.3) is 0 Å². The van der Waals surface area contributed by atoms with Gasteiger partial charge in [0.05, 0.1) is 21.2 Å². The Balaban J connectivity index is 1.87. The smallest absolute Gasteiger partial charge is 0.264 e. The molecule has 3 aromatic carbocycles. The van der Waals surface area contributed by atoms with E-state index < -0.39 is 20.0 Å². The normalized spacial score (nSPS) is 15.8. The third-order valence-corrected chi connectivity index (χ3v) is 12.0. The lowest BCUT2D eigenvalue weighted by atomic mass is 9.92. The van der Waals surface area contributed by atoms with Crippen LogP contribution >= 0.6 is 45.2 Å². The number of hydrogen-bond acceptors (Lipinski definition) is 4. The van der Waals surface area contributed by atoms with Crippen molar-refractivity contribution in [3.8, 4) is 0 Å². The zero-order chi connectivity index (χ0) is 25.9. The van der Waals surface area contributed by atoms with Crippen molar-refractivity contribution >= 4 is 76.6 Å². The van der Waals surface area contributed by atoms with E-state index in [-0.39, 0.29) is 22.3 Å². The Kier molecular flexibility index (Phi) is 8.67. The molecule has 1 aliphatic heterocycles. The quantitative estimate of drug-likeness (QED) is 0.149. The van der Waals surface area contributed by atoms with Gasteiger partial charge in [-0.1, -0.05) is 65.1 Å². The maximum absolute atomic E-state index is 13.7. The van der Waals surface area contributed by atoms with Crippen LogP contribution in [0, 0.1) is 3.57 Å². The van der Waals surface area contributed by atoms with E-state index in [1.54, 1.807) is 78.9 Å². The molecule has 0 radical (unpaired) electrons. The van der Waals surface area contributed by atoms with Gasteiger partial charge in [-0.3, -0.25) is 8.61 Å². The average molecular weight is 748 g/mol. The van der Waals surface area contributed by atoms with Gasteiger partial charge in [-0.05, 0) is 83.3 Å². The molecule has 0 spiro atoms. The van der Waals surface area contributed by atoms with E-state index in [0.29, 0.717) is 30.8 Å². The number of halogens is 2. The van der Waals surface area contributed by atoms with Gasteiger partial charge in [0.1, 0.15) is 0 Å². The second-order valence-electron chi connectivity index (χ2n) is 8.33. The number of sulfonamides is 2. The molecule has 0 bridgehead atoms. The van der Waals surface area contributed by atoms with Crippen molar-refractivity contribution in [1.82, 2.24) is 0 Å². The average Bonchev–Trinajstić information content (AvgIpc) is 2.90. The van der Waals surface area contributed by atoms with Crippen molar-refractivity contribution in [2.24, 2.45) is 0 Å². The molecule has 0 N–H and O–H groups in total. The second-order valence-corrected chi connectivity index (χ2v) is 14.0. The number of rotatable bonds is 9. The van der Waals surface area contributed by atoms with Crippen molar-refractivity contribution in [2.45, 2.75) is 28.6 Å². The third kappa shape index (κ3) is 5.18. The summed E-state index contributed by atoms with van der Waals surface area (Å²) in [6.45, 7) is 4.37. The first-order chi connectivity index (χ1) is 17.2. The molecule has 36 heavy (non-hydrogen) atoms. The van der Waals surface area contributed by atoms with Gasteiger partial charge in [0.2, 0.25) is 0 Å². The highest BCUT2D eigenvalue weighted by Crippen LogP contribution is 2.45. The van der Waals surface area contributed by atoms with Crippen molar-refractivity contribution in [3.05, 3.63) is 94.6 Å². The molecule has 0 amide bonds. The molecule has 1 heterocycles. The van der Waals surface area contributed by atoms with Gasteiger partial charge in [-0.25, -0.2) is 16.8 Å². The van der Waals surface area contributed by atoms with Crippen molar-refractivity contribution in [1.29, 1.82) is 0 Å². The molecule has 1 atom stereocenters. The van der Waals surface area contributed by atoms with Crippen LogP contribution in [-0.4, -0.2) is 34.4 Å². The number of anilines is 2. The number of alkyl halides is 1. The van der Waals surface area contributed by atoms with Crippen LogP contribution < -0.4 is 8.61 Å². The first kappa shape index (κ1) is 27.4. The van der Waals surface area contributed by atoms with E-state index in [2.05, 4.69) is 51.8 Å². The van der Waals surface area contributed by atoms with E-state index in [9.17, 15) is 16.8 Å². The van der Waals surface area contributed by atoms with Crippen LogP contribution in [0.15, 0.2) is 95.2 Å². The number of hydrogen-bond donors (Lipinski definition) is 0. The van der Waals surface area contributed by atoms with Crippen molar-refractivity contribution in [3.63, 3.8) is 0 Å². The lowest BCUT2D eigenvalue weighted by Crippen LogP contribution is -2.38. The molecule has 0 fully saturated rings. The summed E-state index contributed by atoms with van der Waals surface area (Å²) < 4.78 is 59.0. The van der Waals surface area contributed by atoms with Crippen LogP contribution in [0.4, 0.5) is 11.4 Å². The summed E-state index contributed by atoms with van der Waals surface area (Å²) in [5.74, 6) is 0.107. The minimum Gasteiger partial charge on any atom is -0.266 e. The summed E-state index contributed by atoms with van der Waals surface area (Å²) in [5.41, 5.74) is 2.04. The summed E-state index contributed by atoms with van der Waals surface area (Å²) in [6.07, 6.45) is 2.82. The van der Waals surface area contributed by atoms with Crippen LogP contribution in [0.2, 0.25) is 0 Å². The minimum atomic E-state index is -3.84. The molecule has 3 aromatic rings. The summed E-state index contributed by atoms with van der Waals surface area (Å²) in [4.78, 5) is 0.448. The Hall–Kier alpha value is -1.64. The van der Waals surface area contributed by atoms with E-state index >= 15 is 0 Å². The van der Waals surface area contributed by atoms with Crippen LogP contribution in [0.1, 0.15) is 24.3 Å². The lowest BCUT2D eigenvalue weighted by molar-refractivity contribution is 0.579. The first-order valence-electron chi connectivity index (χ1n) is 11.4.